The van der Waals surface area contributed by atoms with Crippen LogP contribution >= 0.6 is 15.9 Å². The van der Waals surface area contributed by atoms with E-state index >= 15 is 0 Å². The van der Waals surface area contributed by atoms with Gasteiger partial charge in [-0.1, -0.05) is 19.9 Å². The first kappa shape index (κ1) is 16.5. The van der Waals surface area contributed by atoms with Crippen LogP contribution in [-0.4, -0.2) is 26.9 Å². The second-order valence-corrected chi connectivity index (χ2v) is 5.33. The van der Waals surface area contributed by atoms with Crippen molar-refractivity contribution < 1.29 is 9.47 Å². The summed E-state index contributed by atoms with van der Waals surface area (Å²) < 4.78 is 11.9. The molecule has 0 heterocycles. The van der Waals surface area contributed by atoms with Crippen LogP contribution in [0, 0.1) is 0 Å². The van der Waals surface area contributed by atoms with Gasteiger partial charge in [0.05, 0.1) is 24.2 Å². The molecule has 0 radical (unpaired) electrons. The Morgan fingerprint density at radius 2 is 2.05 bits per heavy atom. The summed E-state index contributed by atoms with van der Waals surface area (Å²) in [5.74, 6) is 0.854. The van der Waals surface area contributed by atoms with Gasteiger partial charge in [0.15, 0.2) is 0 Å². The fourth-order valence-corrected chi connectivity index (χ4v) is 2.39. The fourth-order valence-electron chi connectivity index (χ4n) is 1.84. The quantitative estimate of drug-likeness (QED) is 0.696. The van der Waals surface area contributed by atoms with Crippen molar-refractivity contribution in [3.8, 4) is 5.75 Å². The van der Waals surface area contributed by atoms with Gasteiger partial charge in [-0.3, -0.25) is 0 Å². The molecule has 0 bridgehead atoms. The minimum Gasteiger partial charge on any atom is -0.496 e. The van der Waals surface area contributed by atoms with Crippen LogP contribution in [0.1, 0.15) is 38.3 Å². The summed E-state index contributed by atoms with van der Waals surface area (Å²) in [6.07, 6.45) is 2.16. The lowest BCUT2D eigenvalue weighted by atomic mass is 10.1. The first-order valence-corrected chi connectivity index (χ1v) is 7.66. The van der Waals surface area contributed by atoms with Gasteiger partial charge in [0, 0.05) is 6.61 Å². The number of hydrogen-bond acceptors (Lipinski definition) is 3. The molecule has 0 aliphatic carbocycles. The summed E-state index contributed by atoms with van der Waals surface area (Å²) in [6, 6.07) is 6.40. The molecule has 0 saturated carbocycles. The predicted octanol–water partition coefficient (Wildman–Crippen LogP) is 3.93. The Bertz CT molecular complexity index is 371. The first-order chi connectivity index (χ1) is 9.22. The summed E-state index contributed by atoms with van der Waals surface area (Å²) in [4.78, 5) is 0. The van der Waals surface area contributed by atoms with Crippen LogP contribution in [-0.2, 0) is 4.74 Å². The van der Waals surface area contributed by atoms with Crippen LogP contribution < -0.4 is 10.1 Å². The number of nitrogens with one attached hydrogen (secondary N) is 1. The monoisotopic (exact) mass is 329 g/mol. The first-order valence-electron chi connectivity index (χ1n) is 6.87. The van der Waals surface area contributed by atoms with Crippen molar-refractivity contribution in [3.05, 3.63) is 28.2 Å². The topological polar surface area (TPSA) is 30.5 Å². The molecule has 0 aliphatic heterocycles. The van der Waals surface area contributed by atoms with Crippen LogP contribution in [0.15, 0.2) is 22.7 Å². The van der Waals surface area contributed by atoms with Crippen molar-refractivity contribution in [2.24, 2.45) is 0 Å². The molecule has 3 nitrogen and oxygen atoms in total. The smallest absolute Gasteiger partial charge is 0.133 e. The summed E-state index contributed by atoms with van der Waals surface area (Å²) in [5.41, 5.74) is 1.22. The van der Waals surface area contributed by atoms with E-state index in [1.807, 2.05) is 6.07 Å². The highest BCUT2D eigenvalue weighted by molar-refractivity contribution is 9.10. The zero-order valence-electron chi connectivity index (χ0n) is 12.0. The van der Waals surface area contributed by atoms with Gasteiger partial charge in [-0.15, -0.1) is 0 Å². The minimum absolute atomic E-state index is 0.230. The third-order valence-electron chi connectivity index (χ3n) is 2.85. The molecular weight excluding hydrogens is 306 g/mol. The number of hydrogen-bond donors (Lipinski definition) is 1. The Morgan fingerprint density at radius 3 is 2.63 bits per heavy atom. The maximum Gasteiger partial charge on any atom is 0.133 e. The van der Waals surface area contributed by atoms with E-state index in [0.717, 1.165) is 36.2 Å². The van der Waals surface area contributed by atoms with Gasteiger partial charge in [0.25, 0.3) is 0 Å². The van der Waals surface area contributed by atoms with Gasteiger partial charge in [0.1, 0.15) is 5.75 Å². The Kier molecular flexibility index (Phi) is 8.10. The highest BCUT2D eigenvalue weighted by Crippen LogP contribution is 2.28. The van der Waals surface area contributed by atoms with E-state index in [0.29, 0.717) is 6.61 Å². The summed E-state index contributed by atoms with van der Waals surface area (Å²) >= 11 is 3.53. The largest absolute Gasteiger partial charge is 0.496 e. The molecular formula is C15H24BrNO2. The number of halogens is 1. The molecule has 1 atom stereocenters. The molecule has 0 fully saturated rings. The third kappa shape index (κ3) is 5.51. The van der Waals surface area contributed by atoms with Crippen molar-refractivity contribution in [2.45, 2.75) is 32.7 Å². The molecule has 1 aromatic rings. The third-order valence-corrected chi connectivity index (χ3v) is 3.47. The van der Waals surface area contributed by atoms with Gasteiger partial charge in [0.2, 0.25) is 0 Å². The second kappa shape index (κ2) is 9.34. The van der Waals surface area contributed by atoms with E-state index in [-0.39, 0.29) is 6.04 Å². The molecule has 108 valence electrons. The molecule has 1 rings (SSSR count). The van der Waals surface area contributed by atoms with Crippen molar-refractivity contribution in [3.63, 3.8) is 0 Å². The molecule has 0 aromatic heterocycles. The predicted molar refractivity (Wildman–Crippen MR) is 82.8 cm³/mol. The highest BCUT2D eigenvalue weighted by Gasteiger charge is 2.12. The van der Waals surface area contributed by atoms with E-state index in [1.54, 1.807) is 7.11 Å². The van der Waals surface area contributed by atoms with E-state index in [9.17, 15) is 0 Å². The second-order valence-electron chi connectivity index (χ2n) is 4.48. The zero-order chi connectivity index (χ0) is 14.1. The zero-order valence-corrected chi connectivity index (χ0v) is 13.6. The Balaban J connectivity index is 2.74. The molecule has 19 heavy (non-hydrogen) atoms. The molecule has 0 amide bonds. The molecule has 4 heteroatoms. The Morgan fingerprint density at radius 1 is 1.26 bits per heavy atom. The lowest BCUT2D eigenvalue weighted by Gasteiger charge is -2.20. The number of ether oxygens (including phenoxy) is 2. The van der Waals surface area contributed by atoms with Crippen molar-refractivity contribution in [1.29, 1.82) is 0 Å². The molecule has 0 spiro atoms. The van der Waals surface area contributed by atoms with E-state index in [2.05, 4.69) is 47.2 Å². The van der Waals surface area contributed by atoms with Crippen LogP contribution in [0.5, 0.6) is 5.75 Å². The van der Waals surface area contributed by atoms with E-state index in [4.69, 9.17) is 9.47 Å². The van der Waals surface area contributed by atoms with Gasteiger partial charge in [-0.2, -0.15) is 0 Å². The molecule has 0 saturated heterocycles. The van der Waals surface area contributed by atoms with Crippen LogP contribution in [0.2, 0.25) is 0 Å². The highest BCUT2D eigenvalue weighted by atomic mass is 79.9. The standard InChI is InChI=1S/C15H24BrNO2/c1-4-8-17-14(11-19-9-5-2)12-6-7-15(18-3)13(16)10-12/h6-7,10,14,17H,4-5,8-9,11H2,1-3H3. The maximum absolute atomic E-state index is 5.68. The van der Waals surface area contributed by atoms with Crippen molar-refractivity contribution in [1.82, 2.24) is 5.32 Å². The molecule has 1 N–H and O–H groups in total. The minimum atomic E-state index is 0.230. The maximum atomic E-state index is 5.68. The van der Waals surface area contributed by atoms with Crippen LogP contribution in [0.25, 0.3) is 0 Å². The molecule has 1 aromatic carbocycles. The van der Waals surface area contributed by atoms with Gasteiger partial charge in [-0.25, -0.2) is 0 Å². The fraction of sp³-hybridized carbons (Fsp3) is 0.600. The van der Waals surface area contributed by atoms with Crippen molar-refractivity contribution in [2.75, 3.05) is 26.9 Å². The Labute approximate surface area is 124 Å². The van der Waals surface area contributed by atoms with Gasteiger partial charge < -0.3 is 14.8 Å². The number of benzene rings is 1. The Hall–Kier alpha value is -0.580. The van der Waals surface area contributed by atoms with E-state index < -0.39 is 0 Å². The number of rotatable bonds is 9. The summed E-state index contributed by atoms with van der Waals surface area (Å²) in [7, 11) is 1.68. The molecule has 0 aliphatic rings. The van der Waals surface area contributed by atoms with Crippen molar-refractivity contribution >= 4 is 15.9 Å². The summed E-state index contributed by atoms with van der Waals surface area (Å²) in [5, 5.41) is 3.52. The SMILES string of the molecule is CCCNC(COCCC)c1ccc(OC)c(Br)c1. The lowest BCUT2D eigenvalue weighted by Crippen LogP contribution is -2.26. The van der Waals surface area contributed by atoms with Gasteiger partial charge in [-0.05, 0) is 53.0 Å². The van der Waals surface area contributed by atoms with E-state index in [1.165, 1.54) is 5.56 Å². The lowest BCUT2D eigenvalue weighted by molar-refractivity contribution is 0.112. The number of methoxy groups -OCH3 is 1. The summed E-state index contributed by atoms with van der Waals surface area (Å²) in [6.45, 7) is 6.79. The van der Waals surface area contributed by atoms with Crippen LogP contribution in [0.3, 0.4) is 0 Å². The normalized spacial score (nSPS) is 12.4. The molecule has 1 unspecified atom stereocenters. The average Bonchev–Trinajstić information content (AvgIpc) is 2.42. The average molecular weight is 330 g/mol. The van der Waals surface area contributed by atoms with Crippen LogP contribution in [0.4, 0.5) is 0 Å². The van der Waals surface area contributed by atoms with Gasteiger partial charge >= 0.3 is 0 Å².